The number of nitrogens with one attached hydrogen (secondary N) is 1. The van der Waals surface area contributed by atoms with Gasteiger partial charge in [0.1, 0.15) is 0 Å². The lowest BCUT2D eigenvalue weighted by Gasteiger charge is -2.13. The van der Waals surface area contributed by atoms with E-state index in [1.165, 1.54) is 0 Å². The van der Waals surface area contributed by atoms with Gasteiger partial charge in [0.2, 0.25) is 0 Å². The van der Waals surface area contributed by atoms with Crippen molar-refractivity contribution in [3.05, 3.63) is 75.3 Å². The highest BCUT2D eigenvalue weighted by atomic mass is 16.6. The van der Waals surface area contributed by atoms with Crippen molar-refractivity contribution in [1.29, 1.82) is 0 Å². The zero-order valence-electron chi connectivity index (χ0n) is 14.8. The SMILES string of the molecule is CC(OCCCNC(=O)c1cc(C(=O)O)cc([N+](=O)[O-])c1)c1ccccc1. The van der Waals surface area contributed by atoms with Crippen LogP contribution in [0.2, 0.25) is 0 Å². The van der Waals surface area contributed by atoms with Gasteiger partial charge in [-0.2, -0.15) is 0 Å². The first-order chi connectivity index (χ1) is 12.9. The topological polar surface area (TPSA) is 119 Å². The van der Waals surface area contributed by atoms with Gasteiger partial charge in [0.15, 0.2) is 0 Å². The summed E-state index contributed by atoms with van der Waals surface area (Å²) < 4.78 is 5.70. The Labute approximate surface area is 155 Å². The predicted octanol–water partition coefficient (Wildman–Crippen LogP) is 3.19. The number of rotatable bonds is 9. The minimum absolute atomic E-state index is 0.0693. The molecule has 0 spiro atoms. The molecular weight excluding hydrogens is 352 g/mol. The zero-order chi connectivity index (χ0) is 19.8. The summed E-state index contributed by atoms with van der Waals surface area (Å²) in [6.07, 6.45) is 0.473. The minimum atomic E-state index is -1.34. The minimum Gasteiger partial charge on any atom is -0.478 e. The third-order valence-electron chi connectivity index (χ3n) is 3.88. The van der Waals surface area contributed by atoms with Crippen molar-refractivity contribution in [2.45, 2.75) is 19.4 Å². The molecule has 0 heterocycles. The Morgan fingerprint density at radius 3 is 2.48 bits per heavy atom. The maximum absolute atomic E-state index is 12.1. The first-order valence-corrected chi connectivity index (χ1v) is 8.36. The Kier molecular flexibility index (Phi) is 7.01. The predicted molar refractivity (Wildman–Crippen MR) is 97.8 cm³/mol. The van der Waals surface area contributed by atoms with Crippen molar-refractivity contribution in [2.24, 2.45) is 0 Å². The van der Waals surface area contributed by atoms with Crippen LogP contribution < -0.4 is 5.32 Å². The van der Waals surface area contributed by atoms with Gasteiger partial charge >= 0.3 is 5.97 Å². The summed E-state index contributed by atoms with van der Waals surface area (Å²) in [5.41, 5.74) is 0.231. The number of carbonyl (C=O) groups is 2. The molecule has 2 rings (SSSR count). The molecule has 27 heavy (non-hydrogen) atoms. The maximum Gasteiger partial charge on any atom is 0.335 e. The Morgan fingerprint density at radius 2 is 1.85 bits per heavy atom. The van der Waals surface area contributed by atoms with E-state index in [0.717, 1.165) is 23.8 Å². The number of carbonyl (C=O) groups excluding carboxylic acids is 1. The molecular formula is C19H20N2O6. The van der Waals surface area contributed by atoms with Crippen molar-refractivity contribution in [1.82, 2.24) is 5.32 Å². The number of carboxylic acid groups (broad SMARTS) is 1. The summed E-state index contributed by atoms with van der Waals surface area (Å²) in [7, 11) is 0. The van der Waals surface area contributed by atoms with E-state index in [4.69, 9.17) is 9.84 Å². The second-order valence-corrected chi connectivity index (χ2v) is 5.86. The van der Waals surface area contributed by atoms with Crippen molar-refractivity contribution in [3.8, 4) is 0 Å². The van der Waals surface area contributed by atoms with Gasteiger partial charge in [-0.1, -0.05) is 30.3 Å². The van der Waals surface area contributed by atoms with E-state index in [0.29, 0.717) is 19.6 Å². The number of ether oxygens (including phenoxy) is 1. The first-order valence-electron chi connectivity index (χ1n) is 8.36. The smallest absolute Gasteiger partial charge is 0.335 e. The van der Waals surface area contributed by atoms with Crippen LogP contribution in [-0.4, -0.2) is 35.1 Å². The van der Waals surface area contributed by atoms with E-state index in [-0.39, 0.29) is 17.2 Å². The molecule has 0 aliphatic heterocycles. The molecule has 0 saturated carbocycles. The molecule has 2 aromatic carbocycles. The van der Waals surface area contributed by atoms with E-state index in [9.17, 15) is 19.7 Å². The van der Waals surface area contributed by atoms with Crippen molar-refractivity contribution in [2.75, 3.05) is 13.2 Å². The zero-order valence-corrected chi connectivity index (χ0v) is 14.8. The summed E-state index contributed by atoms with van der Waals surface area (Å²) in [6, 6.07) is 12.8. The molecule has 1 amide bonds. The molecule has 0 aliphatic carbocycles. The third kappa shape index (κ3) is 5.89. The molecule has 0 aliphatic rings. The molecule has 0 aromatic heterocycles. The van der Waals surface area contributed by atoms with Gasteiger partial charge in [0, 0.05) is 30.8 Å². The lowest BCUT2D eigenvalue weighted by Crippen LogP contribution is -2.25. The van der Waals surface area contributed by atoms with Crippen LogP contribution in [0.15, 0.2) is 48.5 Å². The monoisotopic (exact) mass is 372 g/mol. The quantitative estimate of drug-likeness (QED) is 0.396. The Bertz CT molecular complexity index is 790. The van der Waals surface area contributed by atoms with E-state index in [2.05, 4.69) is 5.32 Å². The van der Waals surface area contributed by atoms with Gasteiger partial charge in [0.25, 0.3) is 11.6 Å². The molecule has 142 valence electrons. The standard InChI is InChI=1S/C19H20N2O6/c1-13(14-6-3-2-4-7-14)27-9-5-8-20-18(22)15-10-16(19(23)24)12-17(11-15)21(25)26/h2-4,6-7,10-13H,5,8-9H2,1H3,(H,20,22)(H,23,24). The molecule has 2 N–H and O–H groups in total. The Morgan fingerprint density at radius 1 is 1.19 bits per heavy atom. The van der Waals surface area contributed by atoms with E-state index in [1.54, 1.807) is 0 Å². The van der Waals surface area contributed by atoms with Crippen LogP contribution in [0.25, 0.3) is 0 Å². The lowest BCUT2D eigenvalue weighted by atomic mass is 10.1. The molecule has 0 radical (unpaired) electrons. The van der Waals surface area contributed by atoms with Gasteiger partial charge in [-0.3, -0.25) is 14.9 Å². The fourth-order valence-electron chi connectivity index (χ4n) is 2.43. The summed E-state index contributed by atoms with van der Waals surface area (Å²) >= 11 is 0. The average Bonchev–Trinajstić information content (AvgIpc) is 2.67. The van der Waals surface area contributed by atoms with Crippen molar-refractivity contribution >= 4 is 17.6 Å². The van der Waals surface area contributed by atoms with Crippen molar-refractivity contribution in [3.63, 3.8) is 0 Å². The molecule has 8 nitrogen and oxygen atoms in total. The average molecular weight is 372 g/mol. The van der Waals surface area contributed by atoms with Crippen LogP contribution >= 0.6 is 0 Å². The molecule has 0 fully saturated rings. The summed E-state index contributed by atoms with van der Waals surface area (Å²) in [4.78, 5) is 33.4. The normalized spacial score (nSPS) is 11.6. The molecule has 0 bridgehead atoms. The third-order valence-corrected chi connectivity index (χ3v) is 3.88. The highest BCUT2D eigenvalue weighted by molar-refractivity contribution is 5.98. The highest BCUT2D eigenvalue weighted by Gasteiger charge is 2.17. The van der Waals surface area contributed by atoms with Gasteiger partial charge in [-0.25, -0.2) is 4.79 Å². The fraction of sp³-hybridized carbons (Fsp3) is 0.263. The lowest BCUT2D eigenvalue weighted by molar-refractivity contribution is -0.384. The van der Waals surface area contributed by atoms with Crippen LogP contribution in [0.3, 0.4) is 0 Å². The highest BCUT2D eigenvalue weighted by Crippen LogP contribution is 2.18. The van der Waals surface area contributed by atoms with Gasteiger partial charge < -0.3 is 15.2 Å². The van der Waals surface area contributed by atoms with Crippen LogP contribution in [0.4, 0.5) is 5.69 Å². The van der Waals surface area contributed by atoms with Gasteiger partial charge in [0.05, 0.1) is 16.6 Å². The van der Waals surface area contributed by atoms with E-state index >= 15 is 0 Å². The number of hydrogen-bond donors (Lipinski definition) is 2. The van der Waals surface area contributed by atoms with Crippen LogP contribution in [0.1, 0.15) is 45.7 Å². The largest absolute Gasteiger partial charge is 0.478 e. The number of carboxylic acids is 1. The summed E-state index contributed by atoms with van der Waals surface area (Å²) in [5.74, 6) is -1.91. The summed E-state index contributed by atoms with van der Waals surface area (Å²) in [5, 5.41) is 22.5. The second kappa shape index (κ2) is 9.44. The van der Waals surface area contributed by atoms with E-state index in [1.807, 2.05) is 37.3 Å². The fourth-order valence-corrected chi connectivity index (χ4v) is 2.43. The Balaban J connectivity index is 1.85. The molecule has 8 heteroatoms. The van der Waals surface area contributed by atoms with Gasteiger partial charge in [-0.05, 0) is 25.0 Å². The Hall–Kier alpha value is -3.26. The van der Waals surface area contributed by atoms with E-state index < -0.39 is 22.5 Å². The number of nitrogens with zero attached hydrogens (tertiary/aromatic N) is 1. The second-order valence-electron chi connectivity index (χ2n) is 5.86. The number of amides is 1. The number of benzene rings is 2. The van der Waals surface area contributed by atoms with Crippen LogP contribution in [0.5, 0.6) is 0 Å². The first kappa shape index (κ1) is 20.1. The van der Waals surface area contributed by atoms with Crippen LogP contribution in [-0.2, 0) is 4.74 Å². The number of non-ortho nitro benzene ring substituents is 1. The molecule has 2 aromatic rings. The van der Waals surface area contributed by atoms with Crippen molar-refractivity contribution < 1.29 is 24.4 Å². The molecule has 0 saturated heterocycles. The number of aromatic carboxylic acids is 1. The van der Waals surface area contributed by atoms with Crippen LogP contribution in [0, 0.1) is 10.1 Å². The number of nitro groups is 1. The van der Waals surface area contributed by atoms with Gasteiger partial charge in [-0.15, -0.1) is 0 Å². The number of nitro benzene ring substituents is 1. The molecule has 1 atom stereocenters. The molecule has 1 unspecified atom stereocenters. The summed E-state index contributed by atoms with van der Waals surface area (Å²) in [6.45, 7) is 2.65. The number of hydrogen-bond acceptors (Lipinski definition) is 5. The maximum atomic E-state index is 12.1.